The minimum absolute atomic E-state index is 0.0186. The predicted octanol–water partition coefficient (Wildman–Crippen LogP) is 2.64. The fourth-order valence-electron chi connectivity index (χ4n) is 3.12. The lowest BCUT2D eigenvalue weighted by Crippen LogP contribution is -2.48. The van der Waals surface area contributed by atoms with Gasteiger partial charge in [-0.15, -0.1) is 0 Å². The third-order valence-electron chi connectivity index (χ3n) is 4.49. The molecule has 0 bridgehead atoms. The molecule has 2 atom stereocenters. The fraction of sp³-hybridized carbons (Fsp3) is 0.625. The number of rotatable bonds is 4. The molecule has 0 heterocycles. The lowest BCUT2D eigenvalue weighted by Gasteiger charge is -2.40. The Balaban J connectivity index is 2.35. The fourth-order valence-corrected chi connectivity index (χ4v) is 5.36. The van der Waals surface area contributed by atoms with Gasteiger partial charge in [-0.3, -0.25) is 0 Å². The van der Waals surface area contributed by atoms with Gasteiger partial charge in [0.25, 0.3) is 0 Å². The van der Waals surface area contributed by atoms with Gasteiger partial charge < -0.3 is 10.1 Å². The molecule has 1 aromatic carbocycles. The molecule has 5 heteroatoms. The third-order valence-corrected chi connectivity index (χ3v) is 6.71. The molecule has 21 heavy (non-hydrogen) atoms. The second-order valence-electron chi connectivity index (χ2n) is 6.56. The van der Waals surface area contributed by atoms with E-state index in [0.29, 0.717) is 17.1 Å². The van der Waals surface area contributed by atoms with Crippen molar-refractivity contribution in [3.8, 4) is 5.75 Å². The summed E-state index contributed by atoms with van der Waals surface area (Å²) in [5.41, 5.74) is 0.0670. The van der Waals surface area contributed by atoms with E-state index in [1.807, 2.05) is 7.05 Å². The van der Waals surface area contributed by atoms with Crippen LogP contribution in [0, 0.1) is 5.41 Å². The van der Waals surface area contributed by atoms with Gasteiger partial charge in [-0.1, -0.05) is 13.8 Å². The van der Waals surface area contributed by atoms with Crippen LogP contribution >= 0.6 is 0 Å². The molecule has 0 amide bonds. The molecule has 2 unspecified atom stereocenters. The summed E-state index contributed by atoms with van der Waals surface area (Å²) in [7, 11) is 0.0830. The van der Waals surface area contributed by atoms with Crippen molar-refractivity contribution >= 4 is 9.84 Å². The molecule has 0 spiro atoms. The number of ether oxygens (including phenoxy) is 1. The molecule has 0 radical (unpaired) electrons. The smallest absolute Gasteiger partial charge is 0.182 e. The SMILES string of the molecule is CNC1CCC(C)(C)CC1S(=O)(=O)c1ccc(OC)cc1. The summed E-state index contributed by atoms with van der Waals surface area (Å²) in [5.74, 6) is 0.670. The van der Waals surface area contributed by atoms with Gasteiger partial charge in [0.1, 0.15) is 5.75 Å². The molecule has 1 aromatic rings. The highest BCUT2D eigenvalue weighted by Gasteiger charge is 2.42. The molecule has 2 rings (SSSR count). The van der Waals surface area contributed by atoms with Crippen molar-refractivity contribution in [3.63, 3.8) is 0 Å². The standard InChI is InChI=1S/C16H25NO3S/c1-16(2)10-9-14(17-3)15(11-16)21(18,19)13-7-5-12(20-4)6-8-13/h5-8,14-15,17H,9-11H2,1-4H3. The van der Waals surface area contributed by atoms with Crippen molar-refractivity contribution in [1.82, 2.24) is 5.32 Å². The van der Waals surface area contributed by atoms with Gasteiger partial charge in [0.2, 0.25) is 0 Å². The summed E-state index contributed by atoms with van der Waals surface area (Å²) in [6.07, 6.45) is 2.63. The van der Waals surface area contributed by atoms with E-state index >= 15 is 0 Å². The highest BCUT2D eigenvalue weighted by atomic mass is 32.2. The Bertz CT molecular complexity index is 578. The molecule has 0 aromatic heterocycles. The van der Waals surface area contributed by atoms with Gasteiger partial charge >= 0.3 is 0 Å². The maximum Gasteiger partial charge on any atom is 0.182 e. The first-order valence-corrected chi connectivity index (χ1v) is 8.90. The average Bonchev–Trinajstić information content (AvgIpc) is 2.46. The van der Waals surface area contributed by atoms with Crippen LogP contribution in [0.5, 0.6) is 5.75 Å². The van der Waals surface area contributed by atoms with Crippen LogP contribution in [0.2, 0.25) is 0 Å². The van der Waals surface area contributed by atoms with Crippen molar-refractivity contribution in [2.24, 2.45) is 5.41 Å². The Morgan fingerprint density at radius 1 is 1.24 bits per heavy atom. The molecule has 0 aliphatic heterocycles. The van der Waals surface area contributed by atoms with Gasteiger partial charge in [0, 0.05) is 6.04 Å². The first-order valence-electron chi connectivity index (χ1n) is 7.35. The number of nitrogens with one attached hydrogen (secondary N) is 1. The number of sulfone groups is 1. The summed E-state index contributed by atoms with van der Waals surface area (Å²) >= 11 is 0. The maximum atomic E-state index is 13.0. The second kappa shape index (κ2) is 5.97. The van der Waals surface area contributed by atoms with E-state index in [1.54, 1.807) is 31.4 Å². The van der Waals surface area contributed by atoms with E-state index in [4.69, 9.17) is 4.74 Å². The molecule has 1 aliphatic rings. The van der Waals surface area contributed by atoms with Crippen LogP contribution in [-0.4, -0.2) is 33.9 Å². The van der Waals surface area contributed by atoms with E-state index in [2.05, 4.69) is 19.2 Å². The van der Waals surface area contributed by atoms with Crippen molar-refractivity contribution in [2.45, 2.75) is 49.3 Å². The highest BCUT2D eigenvalue weighted by Crippen LogP contribution is 2.40. The minimum atomic E-state index is -3.34. The predicted molar refractivity (Wildman–Crippen MR) is 84.4 cm³/mol. The molecule has 1 N–H and O–H groups in total. The van der Waals surface area contributed by atoms with Crippen LogP contribution in [-0.2, 0) is 9.84 Å². The molecule has 118 valence electrons. The van der Waals surface area contributed by atoms with Crippen molar-refractivity contribution in [1.29, 1.82) is 0 Å². The van der Waals surface area contributed by atoms with Crippen molar-refractivity contribution < 1.29 is 13.2 Å². The maximum absolute atomic E-state index is 13.0. The first kappa shape index (κ1) is 16.3. The second-order valence-corrected chi connectivity index (χ2v) is 8.73. The zero-order valence-electron chi connectivity index (χ0n) is 13.2. The van der Waals surface area contributed by atoms with E-state index in [1.165, 1.54) is 0 Å². The average molecular weight is 311 g/mol. The molecule has 1 aliphatic carbocycles. The summed E-state index contributed by atoms with van der Waals surface area (Å²) in [4.78, 5) is 0.381. The van der Waals surface area contributed by atoms with Crippen LogP contribution in [0.3, 0.4) is 0 Å². The summed E-state index contributed by atoms with van der Waals surface area (Å²) < 4.78 is 31.0. The Morgan fingerprint density at radius 3 is 2.38 bits per heavy atom. The summed E-state index contributed by atoms with van der Waals surface area (Å²) in [5, 5.41) is 2.81. The largest absolute Gasteiger partial charge is 0.497 e. The van der Waals surface area contributed by atoms with Crippen LogP contribution in [0.1, 0.15) is 33.1 Å². The lowest BCUT2D eigenvalue weighted by atomic mass is 9.75. The Morgan fingerprint density at radius 2 is 1.86 bits per heavy atom. The van der Waals surface area contributed by atoms with Crippen LogP contribution in [0.15, 0.2) is 29.2 Å². The highest BCUT2D eigenvalue weighted by molar-refractivity contribution is 7.92. The van der Waals surface area contributed by atoms with E-state index < -0.39 is 9.84 Å². The third kappa shape index (κ3) is 3.40. The van der Waals surface area contributed by atoms with Crippen LogP contribution in [0.25, 0.3) is 0 Å². The lowest BCUT2D eigenvalue weighted by molar-refractivity contribution is 0.213. The molecular weight excluding hydrogens is 286 g/mol. The number of hydrogen-bond donors (Lipinski definition) is 1. The molecule has 1 fully saturated rings. The summed E-state index contributed by atoms with van der Waals surface area (Å²) in [6, 6.07) is 6.71. The van der Waals surface area contributed by atoms with Crippen LogP contribution < -0.4 is 10.1 Å². The zero-order valence-corrected chi connectivity index (χ0v) is 14.0. The summed E-state index contributed by atoms with van der Waals surface area (Å²) in [6.45, 7) is 4.30. The number of methoxy groups -OCH3 is 1. The molecule has 4 nitrogen and oxygen atoms in total. The van der Waals surface area contributed by atoms with Gasteiger partial charge in [0.15, 0.2) is 9.84 Å². The Labute approximate surface area is 127 Å². The Hall–Kier alpha value is -1.07. The van der Waals surface area contributed by atoms with Gasteiger partial charge in [0.05, 0.1) is 17.3 Å². The van der Waals surface area contributed by atoms with Crippen molar-refractivity contribution in [3.05, 3.63) is 24.3 Å². The first-order chi connectivity index (χ1) is 9.80. The molecule has 0 saturated heterocycles. The number of benzene rings is 1. The monoisotopic (exact) mass is 311 g/mol. The number of hydrogen-bond acceptors (Lipinski definition) is 4. The van der Waals surface area contributed by atoms with Gasteiger partial charge in [-0.25, -0.2) is 8.42 Å². The van der Waals surface area contributed by atoms with Gasteiger partial charge in [-0.2, -0.15) is 0 Å². The quantitative estimate of drug-likeness (QED) is 0.929. The molecule has 1 saturated carbocycles. The minimum Gasteiger partial charge on any atom is -0.497 e. The van der Waals surface area contributed by atoms with Gasteiger partial charge in [-0.05, 0) is 56.0 Å². The zero-order chi connectivity index (χ0) is 15.7. The normalized spacial score (nSPS) is 25.5. The van der Waals surface area contributed by atoms with Crippen LogP contribution in [0.4, 0.5) is 0 Å². The Kier molecular flexibility index (Phi) is 4.63. The van der Waals surface area contributed by atoms with Crippen molar-refractivity contribution in [2.75, 3.05) is 14.2 Å². The topological polar surface area (TPSA) is 55.4 Å². The molecular formula is C16H25NO3S. The van der Waals surface area contributed by atoms with E-state index in [9.17, 15) is 8.42 Å². The van der Waals surface area contributed by atoms with E-state index in [-0.39, 0.29) is 16.7 Å². The van der Waals surface area contributed by atoms with E-state index in [0.717, 1.165) is 12.8 Å².